The number of hydrogen-bond donors (Lipinski definition) is 2. The Balaban J connectivity index is 2.93. The number of nitrogen functional groups attached to an aromatic ring is 1. The molecule has 92 valence electrons. The Labute approximate surface area is 104 Å². The Kier molecular flexibility index (Phi) is 3.17. The fourth-order valence-corrected chi connectivity index (χ4v) is 1.82. The first-order chi connectivity index (χ1) is 8.76. The molecule has 1 heterocycles. The summed E-state index contributed by atoms with van der Waals surface area (Å²) >= 11 is 0. The molecule has 0 aliphatic heterocycles. The third-order valence-corrected chi connectivity index (χ3v) is 2.65. The van der Waals surface area contributed by atoms with Crippen LogP contribution < -0.4 is 20.7 Å². The minimum Gasteiger partial charge on any atom is -0.496 e. The van der Waals surface area contributed by atoms with E-state index in [1.165, 1.54) is 6.20 Å². The third-order valence-electron chi connectivity index (χ3n) is 2.65. The molecule has 2 aromatic rings. The number of fused-ring (bicyclic) bond motifs is 1. The van der Waals surface area contributed by atoms with Crippen LogP contribution in [0.1, 0.15) is 5.56 Å². The molecule has 6 nitrogen and oxygen atoms in total. The number of anilines is 1. The molecular formula is C12H12N4O2. The molecule has 0 atom stereocenters. The van der Waals surface area contributed by atoms with Crippen molar-refractivity contribution >= 4 is 16.6 Å². The summed E-state index contributed by atoms with van der Waals surface area (Å²) < 4.78 is 10.5. The predicted octanol–water partition coefficient (Wildman–Crippen LogP) is 1.41. The lowest BCUT2D eigenvalue weighted by atomic mass is 10.1. The smallest absolute Gasteiger partial charge is 0.145 e. The van der Waals surface area contributed by atoms with E-state index >= 15 is 0 Å². The van der Waals surface area contributed by atoms with Gasteiger partial charge in [-0.3, -0.25) is 10.8 Å². The average molecular weight is 244 g/mol. The maximum absolute atomic E-state index is 9.04. The number of nitriles is 1. The van der Waals surface area contributed by atoms with Crippen molar-refractivity contribution < 1.29 is 9.47 Å². The number of ether oxygens (including phenoxy) is 2. The SMILES string of the molecule is COc1ccc(OC)c2c(NN)c(C#N)cnc12. The number of benzene rings is 1. The van der Waals surface area contributed by atoms with Crippen LogP contribution in [0.4, 0.5) is 5.69 Å². The molecule has 2 rings (SSSR count). The summed E-state index contributed by atoms with van der Waals surface area (Å²) in [5.74, 6) is 6.64. The quantitative estimate of drug-likeness (QED) is 0.626. The summed E-state index contributed by atoms with van der Waals surface area (Å²) in [6, 6.07) is 5.52. The molecule has 0 radical (unpaired) electrons. The highest BCUT2D eigenvalue weighted by Gasteiger charge is 2.15. The molecule has 1 aromatic carbocycles. The lowest BCUT2D eigenvalue weighted by Crippen LogP contribution is -2.10. The van der Waals surface area contributed by atoms with Crippen molar-refractivity contribution in [3.8, 4) is 17.6 Å². The molecule has 18 heavy (non-hydrogen) atoms. The van der Waals surface area contributed by atoms with Gasteiger partial charge in [0.1, 0.15) is 23.1 Å². The van der Waals surface area contributed by atoms with Crippen LogP contribution in [0.5, 0.6) is 11.5 Å². The summed E-state index contributed by atoms with van der Waals surface area (Å²) in [4.78, 5) is 4.22. The highest BCUT2D eigenvalue weighted by atomic mass is 16.5. The van der Waals surface area contributed by atoms with Gasteiger partial charge in [0.25, 0.3) is 0 Å². The lowest BCUT2D eigenvalue weighted by molar-refractivity contribution is 0.410. The second kappa shape index (κ2) is 4.77. The number of nitrogens with zero attached hydrogens (tertiary/aromatic N) is 2. The molecule has 0 aliphatic carbocycles. The van der Waals surface area contributed by atoms with Crippen molar-refractivity contribution in [1.82, 2.24) is 4.98 Å². The standard InChI is InChI=1S/C12H12N4O2/c1-17-8-3-4-9(18-2)12-10(8)11(16-14)7(5-13)6-15-12/h3-4,6H,14H2,1-2H3,(H,15,16). The monoisotopic (exact) mass is 244 g/mol. The van der Waals surface area contributed by atoms with Crippen LogP contribution in [-0.2, 0) is 0 Å². The second-order valence-corrected chi connectivity index (χ2v) is 3.50. The fourth-order valence-electron chi connectivity index (χ4n) is 1.82. The van der Waals surface area contributed by atoms with Crippen LogP contribution in [0.25, 0.3) is 10.9 Å². The molecule has 0 amide bonds. The van der Waals surface area contributed by atoms with Gasteiger partial charge in [0.2, 0.25) is 0 Å². The van der Waals surface area contributed by atoms with E-state index in [2.05, 4.69) is 10.4 Å². The number of nitrogens with one attached hydrogen (secondary N) is 1. The van der Waals surface area contributed by atoms with Crippen molar-refractivity contribution in [2.24, 2.45) is 5.84 Å². The van der Waals surface area contributed by atoms with E-state index in [1.807, 2.05) is 6.07 Å². The summed E-state index contributed by atoms with van der Waals surface area (Å²) in [6.07, 6.45) is 1.44. The molecule has 3 N–H and O–H groups in total. The van der Waals surface area contributed by atoms with Gasteiger partial charge in [-0.15, -0.1) is 0 Å². The lowest BCUT2D eigenvalue weighted by Gasteiger charge is -2.13. The largest absolute Gasteiger partial charge is 0.496 e. The van der Waals surface area contributed by atoms with Crippen LogP contribution in [0.3, 0.4) is 0 Å². The molecule has 0 fully saturated rings. The maximum atomic E-state index is 9.04. The van der Waals surface area contributed by atoms with Crippen LogP contribution in [0.15, 0.2) is 18.3 Å². The van der Waals surface area contributed by atoms with Crippen molar-refractivity contribution in [1.29, 1.82) is 5.26 Å². The topological polar surface area (TPSA) is 93.2 Å². The predicted molar refractivity (Wildman–Crippen MR) is 67.4 cm³/mol. The summed E-state index contributed by atoms with van der Waals surface area (Å²) in [7, 11) is 3.09. The zero-order valence-electron chi connectivity index (χ0n) is 10.0. The zero-order valence-corrected chi connectivity index (χ0v) is 10.0. The number of hydrazine groups is 1. The van der Waals surface area contributed by atoms with Gasteiger partial charge in [-0.25, -0.2) is 0 Å². The van der Waals surface area contributed by atoms with E-state index in [0.29, 0.717) is 33.7 Å². The van der Waals surface area contributed by atoms with Crippen LogP contribution in [-0.4, -0.2) is 19.2 Å². The van der Waals surface area contributed by atoms with Crippen molar-refractivity contribution in [2.75, 3.05) is 19.6 Å². The molecule has 0 saturated carbocycles. The number of pyridine rings is 1. The second-order valence-electron chi connectivity index (χ2n) is 3.50. The molecule has 0 saturated heterocycles. The van der Waals surface area contributed by atoms with Gasteiger partial charge in [0.15, 0.2) is 0 Å². The molecule has 6 heteroatoms. The van der Waals surface area contributed by atoms with E-state index < -0.39 is 0 Å². The van der Waals surface area contributed by atoms with E-state index in [9.17, 15) is 0 Å². The normalized spacial score (nSPS) is 9.89. The number of hydrogen-bond acceptors (Lipinski definition) is 6. The van der Waals surface area contributed by atoms with Gasteiger partial charge in [0, 0.05) is 6.20 Å². The summed E-state index contributed by atoms with van der Waals surface area (Å²) in [5.41, 5.74) is 3.92. The van der Waals surface area contributed by atoms with Crippen molar-refractivity contribution in [3.05, 3.63) is 23.9 Å². The number of rotatable bonds is 3. The summed E-state index contributed by atoms with van der Waals surface area (Å²) in [5, 5.41) is 9.66. The van der Waals surface area contributed by atoms with Gasteiger partial charge in [-0.05, 0) is 12.1 Å². The molecule has 0 bridgehead atoms. The fraction of sp³-hybridized carbons (Fsp3) is 0.167. The highest BCUT2D eigenvalue weighted by Crippen LogP contribution is 2.37. The number of methoxy groups -OCH3 is 2. The Morgan fingerprint density at radius 3 is 2.50 bits per heavy atom. The van der Waals surface area contributed by atoms with Crippen molar-refractivity contribution in [3.63, 3.8) is 0 Å². The van der Waals surface area contributed by atoms with Crippen LogP contribution >= 0.6 is 0 Å². The average Bonchev–Trinajstić information content (AvgIpc) is 2.44. The van der Waals surface area contributed by atoms with Gasteiger partial charge < -0.3 is 14.9 Å². The Morgan fingerprint density at radius 1 is 1.28 bits per heavy atom. The van der Waals surface area contributed by atoms with Gasteiger partial charge in [-0.1, -0.05) is 0 Å². The highest BCUT2D eigenvalue weighted by molar-refractivity contribution is 6.01. The Morgan fingerprint density at radius 2 is 1.94 bits per heavy atom. The molecule has 0 spiro atoms. The Hall–Kier alpha value is -2.52. The van der Waals surface area contributed by atoms with Crippen LogP contribution in [0.2, 0.25) is 0 Å². The van der Waals surface area contributed by atoms with Gasteiger partial charge in [-0.2, -0.15) is 5.26 Å². The van der Waals surface area contributed by atoms with E-state index in [-0.39, 0.29) is 0 Å². The first-order valence-corrected chi connectivity index (χ1v) is 5.17. The van der Waals surface area contributed by atoms with E-state index in [0.717, 1.165) is 0 Å². The molecular weight excluding hydrogens is 232 g/mol. The van der Waals surface area contributed by atoms with Crippen molar-refractivity contribution in [2.45, 2.75) is 0 Å². The zero-order chi connectivity index (χ0) is 13.1. The van der Waals surface area contributed by atoms with Gasteiger partial charge in [0.05, 0.1) is 30.9 Å². The number of aromatic nitrogens is 1. The van der Waals surface area contributed by atoms with E-state index in [1.54, 1.807) is 26.4 Å². The van der Waals surface area contributed by atoms with E-state index in [4.69, 9.17) is 20.6 Å². The third kappa shape index (κ3) is 1.67. The first kappa shape index (κ1) is 12.0. The molecule has 1 aromatic heterocycles. The molecule has 0 aliphatic rings. The minimum absolute atomic E-state index is 0.344. The maximum Gasteiger partial charge on any atom is 0.145 e. The van der Waals surface area contributed by atoms with Crippen LogP contribution in [0, 0.1) is 11.3 Å². The van der Waals surface area contributed by atoms with Gasteiger partial charge >= 0.3 is 0 Å². The Bertz CT molecular complexity index is 634. The summed E-state index contributed by atoms with van der Waals surface area (Å²) in [6.45, 7) is 0. The molecule has 0 unspecified atom stereocenters. The first-order valence-electron chi connectivity index (χ1n) is 5.17. The minimum atomic E-state index is 0.344. The number of nitrogens with two attached hydrogens (primary N) is 1.